The van der Waals surface area contributed by atoms with Crippen LogP contribution in [0, 0.1) is 11.7 Å². The fourth-order valence-corrected chi connectivity index (χ4v) is 4.74. The zero-order chi connectivity index (χ0) is 22.6. The van der Waals surface area contributed by atoms with Gasteiger partial charge in [-0.15, -0.1) is 0 Å². The summed E-state index contributed by atoms with van der Waals surface area (Å²) in [5.41, 5.74) is 2.06. The Balaban J connectivity index is 1.73. The molecule has 0 unspecified atom stereocenters. The lowest BCUT2D eigenvalue weighted by molar-refractivity contribution is -0.123. The standard InChI is InChI=1S/C22H26FN3O4S/c1-14(2)21(22(28)24-13-15-6-8-17(23)9-7-15)26-31(29,30)18-10-11-19-16(12-18)4-3-5-20(27)25-19/h6-12,14,21,26H,3-5,13H2,1-2H3,(H,24,28)(H,25,27)/t21-/m1/s1. The van der Waals surface area contributed by atoms with E-state index in [-0.39, 0.29) is 29.1 Å². The maximum absolute atomic E-state index is 13.0. The second-order valence-corrected chi connectivity index (χ2v) is 9.62. The predicted molar refractivity (Wildman–Crippen MR) is 115 cm³/mol. The van der Waals surface area contributed by atoms with Crippen LogP contribution in [0.5, 0.6) is 0 Å². The highest BCUT2D eigenvalue weighted by Gasteiger charge is 2.29. The molecule has 0 radical (unpaired) electrons. The molecule has 0 saturated heterocycles. The van der Waals surface area contributed by atoms with E-state index < -0.39 is 22.0 Å². The summed E-state index contributed by atoms with van der Waals surface area (Å²) in [4.78, 5) is 24.4. The minimum atomic E-state index is -3.97. The molecule has 0 saturated carbocycles. The lowest BCUT2D eigenvalue weighted by Gasteiger charge is -2.22. The normalized spacial score (nSPS) is 15.0. The molecule has 1 aliphatic heterocycles. The molecule has 2 aromatic carbocycles. The largest absolute Gasteiger partial charge is 0.351 e. The van der Waals surface area contributed by atoms with Gasteiger partial charge in [0.15, 0.2) is 0 Å². The molecule has 2 amide bonds. The van der Waals surface area contributed by atoms with Crippen molar-refractivity contribution in [3.8, 4) is 0 Å². The molecule has 1 heterocycles. The van der Waals surface area contributed by atoms with E-state index in [1.54, 1.807) is 32.0 Å². The van der Waals surface area contributed by atoms with Gasteiger partial charge in [0, 0.05) is 18.7 Å². The monoisotopic (exact) mass is 447 g/mol. The Hall–Kier alpha value is -2.78. The van der Waals surface area contributed by atoms with Gasteiger partial charge in [-0.2, -0.15) is 4.72 Å². The van der Waals surface area contributed by atoms with E-state index in [0.717, 1.165) is 5.56 Å². The van der Waals surface area contributed by atoms with Gasteiger partial charge < -0.3 is 10.6 Å². The molecule has 0 bridgehead atoms. The lowest BCUT2D eigenvalue weighted by atomic mass is 10.0. The Labute approximate surface area is 181 Å². The zero-order valence-corrected chi connectivity index (χ0v) is 18.3. The molecule has 3 N–H and O–H groups in total. The number of carbonyl (C=O) groups is 2. The Bertz CT molecular complexity index is 1070. The van der Waals surface area contributed by atoms with Crippen molar-refractivity contribution >= 4 is 27.5 Å². The van der Waals surface area contributed by atoms with Gasteiger partial charge in [0.25, 0.3) is 0 Å². The minimum absolute atomic E-state index is 0.0411. The number of anilines is 1. The summed E-state index contributed by atoms with van der Waals surface area (Å²) in [6.45, 7) is 3.65. The number of halogens is 1. The van der Waals surface area contributed by atoms with Crippen LogP contribution in [0.25, 0.3) is 0 Å². The van der Waals surface area contributed by atoms with Gasteiger partial charge in [-0.05, 0) is 60.2 Å². The van der Waals surface area contributed by atoms with Crippen LogP contribution in [-0.4, -0.2) is 26.3 Å². The topological polar surface area (TPSA) is 104 Å². The van der Waals surface area contributed by atoms with Crippen molar-refractivity contribution in [1.82, 2.24) is 10.0 Å². The van der Waals surface area contributed by atoms with Crippen LogP contribution in [0.2, 0.25) is 0 Å². The average molecular weight is 448 g/mol. The number of fused-ring (bicyclic) bond motifs is 1. The number of rotatable bonds is 7. The summed E-state index contributed by atoms with van der Waals surface area (Å²) in [6.07, 6.45) is 1.61. The summed E-state index contributed by atoms with van der Waals surface area (Å²) in [5.74, 6) is -1.23. The van der Waals surface area contributed by atoms with Gasteiger partial charge in [-0.1, -0.05) is 26.0 Å². The third-order valence-electron chi connectivity index (χ3n) is 5.12. The van der Waals surface area contributed by atoms with E-state index >= 15 is 0 Å². The van der Waals surface area contributed by atoms with Crippen molar-refractivity contribution in [2.45, 2.75) is 50.6 Å². The average Bonchev–Trinajstić information content (AvgIpc) is 2.91. The van der Waals surface area contributed by atoms with Crippen molar-refractivity contribution in [1.29, 1.82) is 0 Å². The quantitative estimate of drug-likeness (QED) is 0.607. The highest BCUT2D eigenvalue weighted by molar-refractivity contribution is 7.89. The summed E-state index contributed by atoms with van der Waals surface area (Å²) in [5, 5.41) is 5.47. The molecule has 1 aliphatic rings. The maximum atomic E-state index is 13.0. The minimum Gasteiger partial charge on any atom is -0.351 e. The van der Waals surface area contributed by atoms with Crippen molar-refractivity contribution in [2.75, 3.05) is 5.32 Å². The zero-order valence-electron chi connectivity index (χ0n) is 17.4. The van der Waals surface area contributed by atoms with Gasteiger partial charge in [0.1, 0.15) is 11.9 Å². The smallest absolute Gasteiger partial charge is 0.241 e. The van der Waals surface area contributed by atoms with E-state index in [2.05, 4.69) is 15.4 Å². The molecule has 2 aromatic rings. The summed E-state index contributed by atoms with van der Waals surface area (Å²) >= 11 is 0. The number of benzene rings is 2. The van der Waals surface area contributed by atoms with Gasteiger partial charge in [-0.25, -0.2) is 12.8 Å². The highest BCUT2D eigenvalue weighted by Crippen LogP contribution is 2.25. The molecule has 0 aliphatic carbocycles. The van der Waals surface area contributed by atoms with Crippen molar-refractivity contribution in [3.63, 3.8) is 0 Å². The molecular formula is C22H26FN3O4S. The Kier molecular flexibility index (Phi) is 7.07. The number of amides is 2. The number of nitrogens with one attached hydrogen (secondary N) is 3. The fraction of sp³-hybridized carbons (Fsp3) is 0.364. The number of hydrogen-bond donors (Lipinski definition) is 3. The molecule has 0 spiro atoms. The number of aryl methyl sites for hydroxylation is 1. The fourth-order valence-electron chi connectivity index (χ4n) is 3.35. The van der Waals surface area contributed by atoms with Crippen molar-refractivity contribution in [2.24, 2.45) is 5.92 Å². The van der Waals surface area contributed by atoms with Gasteiger partial charge in [0.2, 0.25) is 21.8 Å². The first-order chi connectivity index (χ1) is 14.7. The predicted octanol–water partition coefficient (Wildman–Crippen LogP) is 2.72. The van der Waals surface area contributed by atoms with Crippen molar-refractivity contribution < 1.29 is 22.4 Å². The Morgan fingerprint density at radius 1 is 1.13 bits per heavy atom. The molecule has 7 nitrogen and oxygen atoms in total. The Morgan fingerprint density at radius 2 is 1.84 bits per heavy atom. The molecule has 1 atom stereocenters. The molecule has 166 valence electrons. The maximum Gasteiger partial charge on any atom is 0.241 e. The van der Waals surface area contributed by atoms with Crippen LogP contribution in [0.1, 0.15) is 37.8 Å². The molecule has 0 aromatic heterocycles. The third-order valence-corrected chi connectivity index (χ3v) is 6.56. The third kappa shape index (κ3) is 5.89. The second-order valence-electron chi connectivity index (χ2n) is 7.91. The first-order valence-electron chi connectivity index (χ1n) is 10.1. The SMILES string of the molecule is CC(C)[C@@H](NS(=O)(=O)c1ccc2c(c1)CCCC(=O)N2)C(=O)NCc1ccc(F)cc1. The molecular weight excluding hydrogens is 421 g/mol. The van der Waals surface area contributed by atoms with Gasteiger partial charge in [-0.3, -0.25) is 9.59 Å². The molecule has 9 heteroatoms. The second kappa shape index (κ2) is 9.57. The van der Waals surface area contributed by atoms with E-state index in [9.17, 15) is 22.4 Å². The van der Waals surface area contributed by atoms with E-state index in [1.807, 2.05) is 0 Å². The van der Waals surface area contributed by atoms with E-state index in [0.29, 0.717) is 30.5 Å². The van der Waals surface area contributed by atoms with Crippen LogP contribution >= 0.6 is 0 Å². The van der Waals surface area contributed by atoms with Crippen LogP contribution in [0.15, 0.2) is 47.4 Å². The Morgan fingerprint density at radius 3 is 2.52 bits per heavy atom. The highest BCUT2D eigenvalue weighted by atomic mass is 32.2. The van der Waals surface area contributed by atoms with E-state index in [1.165, 1.54) is 24.3 Å². The molecule has 3 rings (SSSR count). The number of carbonyl (C=O) groups excluding carboxylic acids is 2. The van der Waals surface area contributed by atoms with Gasteiger partial charge in [0.05, 0.1) is 4.90 Å². The summed E-state index contributed by atoms with van der Waals surface area (Å²) < 4.78 is 41.5. The summed E-state index contributed by atoms with van der Waals surface area (Å²) in [7, 11) is -3.97. The van der Waals surface area contributed by atoms with Gasteiger partial charge >= 0.3 is 0 Å². The number of hydrogen-bond acceptors (Lipinski definition) is 4. The summed E-state index contributed by atoms with van der Waals surface area (Å²) in [6, 6.07) is 9.25. The molecule has 0 fully saturated rings. The van der Waals surface area contributed by atoms with Crippen LogP contribution in [-0.2, 0) is 32.6 Å². The van der Waals surface area contributed by atoms with Crippen LogP contribution in [0.3, 0.4) is 0 Å². The first kappa shape index (κ1) is 22.9. The lowest BCUT2D eigenvalue weighted by Crippen LogP contribution is -2.49. The number of sulfonamides is 1. The van der Waals surface area contributed by atoms with Crippen molar-refractivity contribution in [3.05, 3.63) is 59.4 Å². The molecule has 31 heavy (non-hydrogen) atoms. The van der Waals surface area contributed by atoms with E-state index in [4.69, 9.17) is 0 Å². The van der Waals surface area contributed by atoms with Crippen LogP contribution in [0.4, 0.5) is 10.1 Å². The van der Waals surface area contributed by atoms with Crippen LogP contribution < -0.4 is 15.4 Å². The first-order valence-corrected chi connectivity index (χ1v) is 11.6.